The number of benzene rings is 1. The van der Waals surface area contributed by atoms with Crippen LogP contribution in [0.15, 0.2) is 47.2 Å². The number of nitrogens with one attached hydrogen (secondary N) is 1. The molecule has 0 aliphatic rings. The van der Waals surface area contributed by atoms with Crippen LogP contribution in [-0.4, -0.2) is 36.5 Å². The van der Waals surface area contributed by atoms with Crippen molar-refractivity contribution >= 4 is 33.6 Å². The predicted molar refractivity (Wildman–Crippen MR) is 93.6 cm³/mol. The summed E-state index contributed by atoms with van der Waals surface area (Å²) in [5.74, 6) is -1.49. The molecule has 0 saturated carbocycles. The molecular formula is C16H14BrN5O3. The Morgan fingerprint density at radius 3 is 2.60 bits per heavy atom. The zero-order chi connectivity index (χ0) is 18.0. The van der Waals surface area contributed by atoms with Crippen LogP contribution in [0, 0.1) is 0 Å². The Morgan fingerprint density at radius 1 is 1.20 bits per heavy atom. The van der Waals surface area contributed by atoms with Crippen LogP contribution in [-0.2, 0) is 13.6 Å². The zero-order valence-corrected chi connectivity index (χ0v) is 14.8. The van der Waals surface area contributed by atoms with E-state index in [0.717, 1.165) is 10.0 Å². The van der Waals surface area contributed by atoms with E-state index in [1.807, 2.05) is 24.3 Å². The molecule has 25 heavy (non-hydrogen) atoms. The highest BCUT2D eigenvalue weighted by Crippen LogP contribution is 2.13. The monoisotopic (exact) mass is 403 g/mol. The fourth-order valence-electron chi connectivity index (χ4n) is 2.29. The quantitative estimate of drug-likeness (QED) is 0.680. The average molecular weight is 404 g/mol. The van der Waals surface area contributed by atoms with Crippen LogP contribution < -0.4 is 5.32 Å². The topological polar surface area (TPSA) is 102 Å². The number of aromatic carboxylic acids is 1. The molecule has 1 amide bonds. The lowest BCUT2D eigenvalue weighted by Crippen LogP contribution is -2.16. The van der Waals surface area contributed by atoms with E-state index in [-0.39, 0.29) is 11.3 Å². The highest BCUT2D eigenvalue weighted by atomic mass is 79.9. The van der Waals surface area contributed by atoms with E-state index >= 15 is 0 Å². The molecule has 0 fully saturated rings. The number of carbonyl (C=O) groups excluding carboxylic acids is 1. The molecule has 0 bridgehead atoms. The minimum atomic E-state index is -1.26. The summed E-state index contributed by atoms with van der Waals surface area (Å²) in [6.07, 6.45) is 3.09. The lowest BCUT2D eigenvalue weighted by molar-refractivity contribution is 0.0685. The van der Waals surface area contributed by atoms with Gasteiger partial charge in [-0.15, -0.1) is 0 Å². The van der Waals surface area contributed by atoms with Crippen molar-refractivity contribution in [1.82, 2.24) is 19.6 Å². The summed E-state index contributed by atoms with van der Waals surface area (Å²) in [6.45, 7) is 0.552. The molecular weight excluding hydrogens is 390 g/mol. The predicted octanol–water partition coefficient (Wildman–Crippen LogP) is 2.38. The maximum Gasteiger partial charge on any atom is 0.357 e. The zero-order valence-electron chi connectivity index (χ0n) is 13.2. The number of aromatic nitrogens is 4. The molecule has 2 aromatic heterocycles. The van der Waals surface area contributed by atoms with Gasteiger partial charge in [0.15, 0.2) is 11.5 Å². The van der Waals surface area contributed by atoms with Gasteiger partial charge < -0.3 is 10.4 Å². The Balaban J connectivity index is 1.72. The lowest BCUT2D eigenvalue weighted by atomic mass is 10.2. The van der Waals surface area contributed by atoms with E-state index in [1.54, 1.807) is 24.0 Å². The Morgan fingerprint density at radius 2 is 1.92 bits per heavy atom. The van der Waals surface area contributed by atoms with Gasteiger partial charge in [-0.2, -0.15) is 10.2 Å². The van der Waals surface area contributed by atoms with Gasteiger partial charge in [-0.25, -0.2) is 4.79 Å². The Labute approximate surface area is 151 Å². The van der Waals surface area contributed by atoms with Gasteiger partial charge in [-0.1, -0.05) is 28.1 Å². The number of hydrogen-bond donors (Lipinski definition) is 2. The van der Waals surface area contributed by atoms with E-state index in [4.69, 9.17) is 5.11 Å². The minimum Gasteiger partial charge on any atom is -0.476 e. The lowest BCUT2D eigenvalue weighted by Gasteiger charge is -2.03. The van der Waals surface area contributed by atoms with Crippen molar-refractivity contribution in [3.63, 3.8) is 0 Å². The normalized spacial score (nSPS) is 10.6. The van der Waals surface area contributed by atoms with Crippen molar-refractivity contribution < 1.29 is 14.7 Å². The SMILES string of the molecule is Cn1cc(C(=O)Nc2ccn(Cc3ccc(Br)cc3)n2)c(C(=O)O)n1. The molecule has 0 saturated heterocycles. The van der Waals surface area contributed by atoms with E-state index in [9.17, 15) is 9.59 Å². The third kappa shape index (κ3) is 3.94. The summed E-state index contributed by atoms with van der Waals surface area (Å²) in [5.41, 5.74) is 0.747. The molecule has 128 valence electrons. The third-order valence-electron chi connectivity index (χ3n) is 3.42. The minimum absolute atomic E-state index is 0.0162. The molecule has 9 heteroatoms. The Kier molecular flexibility index (Phi) is 4.66. The van der Waals surface area contributed by atoms with Gasteiger partial charge in [-0.05, 0) is 17.7 Å². The summed E-state index contributed by atoms with van der Waals surface area (Å²) >= 11 is 3.38. The van der Waals surface area contributed by atoms with Crippen molar-refractivity contribution in [2.45, 2.75) is 6.54 Å². The number of carboxylic acid groups (broad SMARTS) is 1. The number of hydrogen-bond acceptors (Lipinski definition) is 4. The number of anilines is 1. The highest BCUT2D eigenvalue weighted by Gasteiger charge is 2.21. The molecule has 3 rings (SSSR count). The average Bonchev–Trinajstić information content (AvgIpc) is 3.16. The van der Waals surface area contributed by atoms with Crippen LogP contribution in [0.25, 0.3) is 0 Å². The summed E-state index contributed by atoms with van der Waals surface area (Å²) < 4.78 is 3.96. The summed E-state index contributed by atoms with van der Waals surface area (Å²) in [5, 5.41) is 19.7. The third-order valence-corrected chi connectivity index (χ3v) is 3.94. The van der Waals surface area contributed by atoms with Gasteiger partial charge in [-0.3, -0.25) is 14.2 Å². The van der Waals surface area contributed by atoms with E-state index < -0.39 is 11.9 Å². The number of halogens is 1. The number of amides is 1. The van der Waals surface area contributed by atoms with Crippen molar-refractivity contribution in [3.8, 4) is 0 Å². The van der Waals surface area contributed by atoms with Gasteiger partial charge in [0.05, 0.1) is 12.1 Å². The second kappa shape index (κ2) is 6.89. The molecule has 0 aliphatic carbocycles. The van der Waals surface area contributed by atoms with Crippen molar-refractivity contribution in [2.24, 2.45) is 7.05 Å². The van der Waals surface area contributed by atoms with Gasteiger partial charge in [0, 0.05) is 30.0 Å². The number of aryl methyl sites for hydroxylation is 1. The molecule has 2 N–H and O–H groups in total. The largest absolute Gasteiger partial charge is 0.476 e. The van der Waals surface area contributed by atoms with Crippen LogP contribution in [0.5, 0.6) is 0 Å². The van der Waals surface area contributed by atoms with Crippen LogP contribution in [0.2, 0.25) is 0 Å². The van der Waals surface area contributed by atoms with Crippen LogP contribution in [0.3, 0.4) is 0 Å². The van der Waals surface area contributed by atoms with Crippen LogP contribution in [0.4, 0.5) is 5.82 Å². The molecule has 0 spiro atoms. The second-order valence-electron chi connectivity index (χ2n) is 5.35. The van der Waals surface area contributed by atoms with E-state index in [1.165, 1.54) is 10.9 Å². The molecule has 0 unspecified atom stereocenters. The molecule has 3 aromatic rings. The molecule has 8 nitrogen and oxygen atoms in total. The highest BCUT2D eigenvalue weighted by molar-refractivity contribution is 9.10. The first-order valence-electron chi connectivity index (χ1n) is 7.28. The van der Waals surface area contributed by atoms with Crippen molar-refractivity contribution in [1.29, 1.82) is 0 Å². The van der Waals surface area contributed by atoms with Gasteiger partial charge in [0.25, 0.3) is 5.91 Å². The van der Waals surface area contributed by atoms with Gasteiger partial charge in [0.1, 0.15) is 0 Å². The molecule has 0 aliphatic heterocycles. The number of nitrogens with zero attached hydrogens (tertiary/aromatic N) is 4. The first-order valence-corrected chi connectivity index (χ1v) is 8.08. The first kappa shape index (κ1) is 16.9. The molecule has 2 heterocycles. The molecule has 0 atom stereocenters. The number of rotatable bonds is 5. The van der Waals surface area contributed by atoms with E-state index in [0.29, 0.717) is 12.4 Å². The fraction of sp³-hybridized carbons (Fsp3) is 0.125. The summed E-state index contributed by atoms with van der Waals surface area (Å²) in [7, 11) is 1.55. The Bertz CT molecular complexity index is 930. The van der Waals surface area contributed by atoms with E-state index in [2.05, 4.69) is 31.4 Å². The Hall–Kier alpha value is -2.94. The first-order chi connectivity index (χ1) is 11.9. The maximum atomic E-state index is 12.3. The maximum absolute atomic E-state index is 12.3. The standard InChI is InChI=1S/C16H14BrN5O3/c1-21-9-12(14(20-21)16(24)25)15(23)18-13-6-7-22(19-13)8-10-2-4-11(17)5-3-10/h2-7,9H,8H2,1H3,(H,24,25)(H,18,19,23). The van der Waals surface area contributed by atoms with Gasteiger partial charge >= 0.3 is 5.97 Å². The van der Waals surface area contributed by atoms with Crippen LogP contribution >= 0.6 is 15.9 Å². The summed E-state index contributed by atoms with van der Waals surface area (Å²) in [6, 6.07) is 9.47. The number of carbonyl (C=O) groups is 2. The van der Waals surface area contributed by atoms with Crippen molar-refractivity contribution in [3.05, 3.63) is 64.0 Å². The second-order valence-corrected chi connectivity index (χ2v) is 6.27. The van der Waals surface area contributed by atoms with Crippen molar-refractivity contribution in [2.75, 3.05) is 5.32 Å². The van der Waals surface area contributed by atoms with Gasteiger partial charge in [0.2, 0.25) is 0 Å². The summed E-state index contributed by atoms with van der Waals surface area (Å²) in [4.78, 5) is 23.4. The smallest absolute Gasteiger partial charge is 0.357 e. The fourth-order valence-corrected chi connectivity index (χ4v) is 2.55. The molecule has 0 radical (unpaired) electrons. The molecule has 1 aromatic carbocycles. The number of carboxylic acids is 1. The van der Waals surface area contributed by atoms with Crippen LogP contribution in [0.1, 0.15) is 26.4 Å².